The molecule has 0 saturated heterocycles. The van der Waals surface area contributed by atoms with Gasteiger partial charge in [-0.25, -0.2) is 4.98 Å². The van der Waals surface area contributed by atoms with Crippen LogP contribution in [0.4, 0.5) is 13.2 Å². The van der Waals surface area contributed by atoms with Gasteiger partial charge in [-0.3, -0.25) is 0 Å². The lowest BCUT2D eigenvalue weighted by Gasteiger charge is -2.13. The summed E-state index contributed by atoms with van der Waals surface area (Å²) in [5.41, 5.74) is 0.220. The Morgan fingerprint density at radius 2 is 2.00 bits per heavy atom. The molecule has 0 aliphatic heterocycles. The Morgan fingerprint density at radius 3 is 2.56 bits per heavy atom. The molecule has 0 saturated carbocycles. The van der Waals surface area contributed by atoms with Crippen LogP contribution in [0.2, 0.25) is 0 Å². The predicted molar refractivity (Wildman–Crippen MR) is 53.3 cm³/mol. The van der Waals surface area contributed by atoms with Crippen LogP contribution in [0.25, 0.3) is 5.69 Å². The molecule has 84 valence electrons. The number of hydrogen-bond acceptors (Lipinski definition) is 1. The Bertz CT molecular complexity index is 486. The molecule has 0 N–H and O–H groups in total. The van der Waals surface area contributed by atoms with Gasteiger partial charge in [-0.1, -0.05) is 6.07 Å². The van der Waals surface area contributed by atoms with E-state index in [1.54, 1.807) is 6.92 Å². The quantitative estimate of drug-likeness (QED) is 0.730. The minimum Gasteiger partial charge on any atom is -0.306 e. The third kappa shape index (κ3) is 1.93. The van der Waals surface area contributed by atoms with E-state index >= 15 is 0 Å². The van der Waals surface area contributed by atoms with Gasteiger partial charge in [0.1, 0.15) is 0 Å². The van der Waals surface area contributed by atoms with E-state index in [9.17, 15) is 13.2 Å². The van der Waals surface area contributed by atoms with E-state index in [0.29, 0.717) is 0 Å². The molecule has 0 aliphatic carbocycles. The van der Waals surface area contributed by atoms with Crippen molar-refractivity contribution < 1.29 is 13.2 Å². The van der Waals surface area contributed by atoms with Crippen molar-refractivity contribution in [1.29, 1.82) is 0 Å². The second-order valence-corrected chi connectivity index (χ2v) is 3.49. The zero-order chi connectivity index (χ0) is 11.8. The average Bonchev–Trinajstić information content (AvgIpc) is 2.68. The second kappa shape index (κ2) is 3.66. The van der Waals surface area contributed by atoms with E-state index in [0.717, 1.165) is 11.6 Å². The molecule has 2 rings (SSSR count). The fourth-order valence-electron chi connectivity index (χ4n) is 1.50. The maximum Gasteiger partial charge on any atom is 0.418 e. The van der Waals surface area contributed by atoms with Crippen LogP contribution in [0.3, 0.4) is 0 Å². The molecule has 0 radical (unpaired) electrons. The Morgan fingerprint density at radius 1 is 1.25 bits per heavy atom. The number of aryl methyl sites for hydroxylation is 1. The van der Waals surface area contributed by atoms with Gasteiger partial charge in [0, 0.05) is 12.4 Å². The van der Waals surface area contributed by atoms with Crippen molar-refractivity contribution in [2.24, 2.45) is 0 Å². The average molecular weight is 226 g/mol. The van der Waals surface area contributed by atoms with Crippen molar-refractivity contribution in [3.8, 4) is 5.69 Å². The van der Waals surface area contributed by atoms with Crippen LogP contribution in [-0.2, 0) is 6.18 Å². The highest BCUT2D eigenvalue weighted by molar-refractivity contribution is 5.45. The number of imidazole rings is 1. The van der Waals surface area contributed by atoms with Crippen LogP contribution < -0.4 is 0 Å². The zero-order valence-electron chi connectivity index (χ0n) is 8.49. The van der Waals surface area contributed by atoms with Gasteiger partial charge in [-0.2, -0.15) is 13.2 Å². The van der Waals surface area contributed by atoms with Crippen molar-refractivity contribution in [1.82, 2.24) is 9.55 Å². The van der Waals surface area contributed by atoms with Crippen LogP contribution in [0, 0.1) is 6.92 Å². The fourth-order valence-corrected chi connectivity index (χ4v) is 1.50. The molecule has 0 unspecified atom stereocenters. The lowest BCUT2D eigenvalue weighted by Crippen LogP contribution is -2.10. The number of aromatic nitrogens is 2. The van der Waals surface area contributed by atoms with E-state index in [1.165, 1.54) is 35.4 Å². The SMILES string of the molecule is Cc1ccc(C(F)(F)F)c(-n2ccnc2)c1. The van der Waals surface area contributed by atoms with Gasteiger partial charge in [0.2, 0.25) is 0 Å². The summed E-state index contributed by atoms with van der Waals surface area (Å²) in [6.07, 6.45) is -0.0657. The first-order valence-corrected chi connectivity index (χ1v) is 4.64. The van der Waals surface area contributed by atoms with Gasteiger partial charge in [0.25, 0.3) is 0 Å². The fraction of sp³-hybridized carbons (Fsp3) is 0.182. The highest BCUT2D eigenvalue weighted by Gasteiger charge is 2.33. The number of benzene rings is 1. The lowest BCUT2D eigenvalue weighted by atomic mass is 10.1. The zero-order valence-corrected chi connectivity index (χ0v) is 8.49. The largest absolute Gasteiger partial charge is 0.418 e. The Balaban J connectivity index is 2.63. The van der Waals surface area contributed by atoms with E-state index < -0.39 is 11.7 Å². The first-order chi connectivity index (χ1) is 7.48. The normalized spacial score (nSPS) is 11.8. The first kappa shape index (κ1) is 10.7. The summed E-state index contributed by atoms with van der Waals surface area (Å²) >= 11 is 0. The van der Waals surface area contributed by atoms with E-state index in [-0.39, 0.29) is 5.69 Å². The molecular weight excluding hydrogens is 217 g/mol. The molecule has 0 fully saturated rings. The number of rotatable bonds is 1. The molecular formula is C11H9F3N2. The minimum atomic E-state index is -4.35. The Labute approximate surface area is 90.4 Å². The summed E-state index contributed by atoms with van der Waals surface area (Å²) in [4.78, 5) is 3.75. The molecule has 0 bridgehead atoms. The highest BCUT2D eigenvalue weighted by Crippen LogP contribution is 2.34. The van der Waals surface area contributed by atoms with Crippen molar-refractivity contribution in [3.63, 3.8) is 0 Å². The van der Waals surface area contributed by atoms with Crippen molar-refractivity contribution in [3.05, 3.63) is 48.0 Å². The van der Waals surface area contributed by atoms with Gasteiger partial charge in [0.15, 0.2) is 0 Å². The minimum absolute atomic E-state index is 0.102. The molecule has 2 nitrogen and oxygen atoms in total. The lowest BCUT2D eigenvalue weighted by molar-refractivity contribution is -0.137. The van der Waals surface area contributed by atoms with Crippen LogP contribution in [0.1, 0.15) is 11.1 Å². The number of hydrogen-bond donors (Lipinski definition) is 0. The molecule has 16 heavy (non-hydrogen) atoms. The number of nitrogens with zero attached hydrogens (tertiary/aromatic N) is 2. The Kier molecular flexibility index (Phi) is 2.46. The number of alkyl halides is 3. The molecule has 0 amide bonds. The molecule has 2 aromatic rings. The third-order valence-corrected chi connectivity index (χ3v) is 2.24. The van der Waals surface area contributed by atoms with Gasteiger partial charge >= 0.3 is 6.18 Å². The molecule has 0 aliphatic rings. The molecule has 1 heterocycles. The molecule has 5 heteroatoms. The topological polar surface area (TPSA) is 17.8 Å². The smallest absolute Gasteiger partial charge is 0.306 e. The van der Waals surface area contributed by atoms with E-state index in [2.05, 4.69) is 4.98 Å². The predicted octanol–water partition coefficient (Wildman–Crippen LogP) is 3.20. The summed E-state index contributed by atoms with van der Waals surface area (Å²) in [5, 5.41) is 0. The second-order valence-electron chi connectivity index (χ2n) is 3.49. The Hall–Kier alpha value is -1.78. The highest BCUT2D eigenvalue weighted by atomic mass is 19.4. The van der Waals surface area contributed by atoms with Crippen molar-refractivity contribution in [2.45, 2.75) is 13.1 Å². The third-order valence-electron chi connectivity index (χ3n) is 2.24. The maximum absolute atomic E-state index is 12.7. The van der Waals surface area contributed by atoms with Crippen LogP contribution in [0.15, 0.2) is 36.9 Å². The van der Waals surface area contributed by atoms with Gasteiger partial charge < -0.3 is 4.57 Å². The van der Waals surface area contributed by atoms with Gasteiger partial charge in [-0.05, 0) is 24.6 Å². The van der Waals surface area contributed by atoms with Crippen molar-refractivity contribution >= 4 is 0 Å². The van der Waals surface area contributed by atoms with Crippen molar-refractivity contribution in [2.75, 3.05) is 0 Å². The van der Waals surface area contributed by atoms with Crippen LogP contribution >= 0.6 is 0 Å². The molecule has 0 atom stereocenters. The molecule has 1 aromatic heterocycles. The summed E-state index contributed by atoms with van der Waals surface area (Å²) in [7, 11) is 0. The summed E-state index contributed by atoms with van der Waals surface area (Å²) in [6, 6.07) is 4.03. The van der Waals surface area contributed by atoms with Crippen LogP contribution in [0.5, 0.6) is 0 Å². The van der Waals surface area contributed by atoms with Crippen LogP contribution in [-0.4, -0.2) is 9.55 Å². The monoisotopic (exact) mass is 226 g/mol. The summed E-state index contributed by atoms with van der Waals surface area (Å²) in [6.45, 7) is 1.75. The number of halogens is 3. The summed E-state index contributed by atoms with van der Waals surface area (Å²) in [5.74, 6) is 0. The molecule has 1 aromatic carbocycles. The molecule has 0 spiro atoms. The van der Waals surface area contributed by atoms with E-state index in [1.807, 2.05) is 0 Å². The van der Waals surface area contributed by atoms with Gasteiger partial charge in [-0.15, -0.1) is 0 Å². The maximum atomic E-state index is 12.7. The first-order valence-electron chi connectivity index (χ1n) is 4.64. The standard InChI is InChI=1S/C11H9F3N2/c1-8-2-3-9(11(12,13)14)10(6-8)16-5-4-15-7-16/h2-7H,1H3. The van der Waals surface area contributed by atoms with Gasteiger partial charge in [0.05, 0.1) is 17.6 Å². The van der Waals surface area contributed by atoms with E-state index in [4.69, 9.17) is 0 Å². The summed E-state index contributed by atoms with van der Waals surface area (Å²) < 4.78 is 39.6.